The number of rotatable bonds is 12. The standard InChI is InChI=1S/C32H36N2O4/c1-4-5-6-10-13-28-27-19-16-25(32(36)37)20-29(27)34(21-30(35)33(2)3)31(28)24-14-17-26(18-15-24)38-22-23-11-8-7-9-12-23/h7-9,11-12,14-20H,4-6,10,13,21-22H2,1-3H3,(H,36,37). The predicted octanol–water partition coefficient (Wildman–Crippen LogP) is 6.80. The lowest BCUT2D eigenvalue weighted by Crippen LogP contribution is -2.26. The Labute approximate surface area is 224 Å². The molecule has 0 aliphatic rings. The van der Waals surface area contributed by atoms with E-state index < -0.39 is 5.97 Å². The summed E-state index contributed by atoms with van der Waals surface area (Å²) in [5.74, 6) is -0.268. The minimum atomic E-state index is -0.982. The van der Waals surface area contributed by atoms with Crippen LogP contribution in [0, 0.1) is 0 Å². The van der Waals surface area contributed by atoms with Gasteiger partial charge < -0.3 is 19.3 Å². The summed E-state index contributed by atoms with van der Waals surface area (Å²) in [6.07, 6.45) is 5.33. The number of carbonyl (C=O) groups is 2. The van der Waals surface area contributed by atoms with Crippen molar-refractivity contribution in [3.8, 4) is 17.0 Å². The average Bonchev–Trinajstić information content (AvgIpc) is 3.23. The molecular weight excluding hydrogens is 476 g/mol. The molecule has 0 atom stereocenters. The molecule has 0 bridgehead atoms. The van der Waals surface area contributed by atoms with Crippen molar-refractivity contribution in [1.82, 2.24) is 9.47 Å². The molecule has 0 radical (unpaired) electrons. The maximum Gasteiger partial charge on any atom is 0.335 e. The number of benzene rings is 3. The van der Waals surface area contributed by atoms with Crippen LogP contribution in [0.15, 0.2) is 72.8 Å². The lowest BCUT2D eigenvalue weighted by molar-refractivity contribution is -0.129. The summed E-state index contributed by atoms with van der Waals surface area (Å²) in [6, 6.07) is 23.2. The Hall–Kier alpha value is -4.06. The van der Waals surface area contributed by atoms with E-state index in [9.17, 15) is 14.7 Å². The summed E-state index contributed by atoms with van der Waals surface area (Å²) in [6.45, 7) is 2.81. The van der Waals surface area contributed by atoms with Gasteiger partial charge in [-0.15, -0.1) is 0 Å². The van der Waals surface area contributed by atoms with E-state index >= 15 is 0 Å². The van der Waals surface area contributed by atoms with Gasteiger partial charge in [0, 0.05) is 19.5 Å². The van der Waals surface area contributed by atoms with Crippen molar-refractivity contribution in [2.45, 2.75) is 52.2 Å². The first-order valence-electron chi connectivity index (χ1n) is 13.2. The van der Waals surface area contributed by atoms with Gasteiger partial charge >= 0.3 is 5.97 Å². The summed E-state index contributed by atoms with van der Waals surface area (Å²) in [7, 11) is 3.47. The molecule has 0 aliphatic carbocycles. The Balaban J connectivity index is 1.77. The summed E-state index contributed by atoms with van der Waals surface area (Å²) < 4.78 is 7.98. The van der Waals surface area contributed by atoms with E-state index in [4.69, 9.17) is 4.74 Å². The van der Waals surface area contributed by atoms with Crippen molar-refractivity contribution in [3.63, 3.8) is 0 Å². The largest absolute Gasteiger partial charge is 0.489 e. The number of ether oxygens (including phenoxy) is 1. The zero-order valence-electron chi connectivity index (χ0n) is 22.4. The molecular formula is C32H36N2O4. The van der Waals surface area contributed by atoms with Crippen molar-refractivity contribution in [2.75, 3.05) is 14.1 Å². The SMILES string of the molecule is CCCCCCc1c(-c2ccc(OCc3ccccc3)cc2)n(CC(=O)N(C)C)c2cc(C(=O)O)ccc12. The van der Waals surface area contributed by atoms with E-state index in [1.54, 1.807) is 31.1 Å². The zero-order chi connectivity index (χ0) is 27.1. The number of nitrogens with zero attached hydrogens (tertiary/aromatic N) is 2. The lowest BCUT2D eigenvalue weighted by Gasteiger charge is -2.16. The van der Waals surface area contributed by atoms with E-state index in [0.29, 0.717) is 6.61 Å². The Kier molecular flexibility index (Phi) is 8.85. The Morgan fingerprint density at radius 1 is 0.921 bits per heavy atom. The first kappa shape index (κ1) is 27.0. The van der Waals surface area contributed by atoms with Gasteiger partial charge in [0.05, 0.1) is 16.8 Å². The Morgan fingerprint density at radius 2 is 1.66 bits per heavy atom. The highest BCUT2D eigenvalue weighted by Gasteiger charge is 2.22. The van der Waals surface area contributed by atoms with E-state index in [1.807, 2.05) is 65.2 Å². The molecule has 0 fully saturated rings. The number of hydrogen-bond acceptors (Lipinski definition) is 3. The van der Waals surface area contributed by atoms with Crippen LogP contribution in [0.25, 0.3) is 22.2 Å². The number of carbonyl (C=O) groups excluding carboxylic acids is 1. The van der Waals surface area contributed by atoms with Crippen LogP contribution in [0.3, 0.4) is 0 Å². The molecule has 4 rings (SSSR count). The predicted molar refractivity (Wildman–Crippen MR) is 152 cm³/mol. The number of hydrogen-bond donors (Lipinski definition) is 1. The van der Waals surface area contributed by atoms with E-state index in [0.717, 1.165) is 64.7 Å². The topological polar surface area (TPSA) is 71.8 Å². The Morgan fingerprint density at radius 3 is 2.32 bits per heavy atom. The van der Waals surface area contributed by atoms with Crippen molar-refractivity contribution < 1.29 is 19.4 Å². The highest BCUT2D eigenvalue weighted by molar-refractivity contribution is 5.98. The van der Waals surface area contributed by atoms with Gasteiger partial charge in [0.15, 0.2) is 0 Å². The van der Waals surface area contributed by atoms with Crippen LogP contribution in [0.4, 0.5) is 0 Å². The third-order valence-electron chi connectivity index (χ3n) is 6.86. The number of carboxylic acids is 1. The van der Waals surface area contributed by atoms with Crippen molar-refractivity contribution in [3.05, 3.63) is 89.5 Å². The third-order valence-corrected chi connectivity index (χ3v) is 6.86. The number of aromatic nitrogens is 1. The molecule has 1 heterocycles. The lowest BCUT2D eigenvalue weighted by atomic mass is 9.99. The van der Waals surface area contributed by atoms with Gasteiger partial charge in [0.25, 0.3) is 0 Å². The number of aromatic carboxylic acids is 1. The number of carboxylic acid groups (broad SMARTS) is 1. The minimum Gasteiger partial charge on any atom is -0.489 e. The molecule has 0 saturated carbocycles. The molecule has 6 heteroatoms. The average molecular weight is 513 g/mol. The zero-order valence-corrected chi connectivity index (χ0v) is 22.4. The molecule has 1 amide bonds. The van der Waals surface area contributed by atoms with Crippen LogP contribution >= 0.6 is 0 Å². The maximum atomic E-state index is 12.9. The molecule has 0 aliphatic heterocycles. The molecule has 1 N–H and O–H groups in total. The van der Waals surface area contributed by atoms with Gasteiger partial charge in [0.1, 0.15) is 18.9 Å². The number of aryl methyl sites for hydroxylation is 1. The molecule has 198 valence electrons. The number of amides is 1. The molecule has 4 aromatic rings. The van der Waals surface area contributed by atoms with Crippen LogP contribution in [0.2, 0.25) is 0 Å². The smallest absolute Gasteiger partial charge is 0.335 e. The molecule has 0 spiro atoms. The fourth-order valence-electron chi connectivity index (χ4n) is 4.76. The van der Waals surface area contributed by atoms with Crippen LogP contribution in [-0.4, -0.2) is 40.5 Å². The number of fused-ring (bicyclic) bond motifs is 1. The van der Waals surface area contributed by atoms with Crippen LogP contribution in [0.5, 0.6) is 5.75 Å². The second-order valence-electron chi connectivity index (χ2n) is 9.85. The minimum absolute atomic E-state index is 0.0516. The van der Waals surface area contributed by atoms with E-state index in [1.165, 1.54) is 6.42 Å². The molecule has 38 heavy (non-hydrogen) atoms. The summed E-state index contributed by atoms with van der Waals surface area (Å²) >= 11 is 0. The van der Waals surface area contributed by atoms with Crippen LogP contribution in [0.1, 0.15) is 54.1 Å². The molecule has 1 aromatic heterocycles. The molecule has 3 aromatic carbocycles. The van der Waals surface area contributed by atoms with Gasteiger partial charge in [-0.05, 0) is 65.9 Å². The second-order valence-corrected chi connectivity index (χ2v) is 9.85. The number of unbranched alkanes of at least 4 members (excludes halogenated alkanes) is 3. The van der Waals surface area contributed by atoms with Crippen LogP contribution < -0.4 is 4.74 Å². The normalized spacial score (nSPS) is 11.0. The first-order chi connectivity index (χ1) is 18.4. The first-order valence-corrected chi connectivity index (χ1v) is 13.2. The van der Waals surface area contributed by atoms with Gasteiger partial charge in [-0.25, -0.2) is 4.79 Å². The number of likely N-dealkylation sites (N-methyl/N-ethyl adjacent to an activating group) is 1. The van der Waals surface area contributed by atoms with Crippen LogP contribution in [-0.2, 0) is 24.4 Å². The third kappa shape index (κ3) is 6.25. The summed E-state index contributed by atoms with van der Waals surface area (Å²) in [5.41, 5.74) is 5.17. The van der Waals surface area contributed by atoms with Gasteiger partial charge in [-0.3, -0.25) is 4.79 Å². The van der Waals surface area contributed by atoms with Gasteiger partial charge in [-0.2, -0.15) is 0 Å². The fraction of sp³-hybridized carbons (Fsp3) is 0.312. The maximum absolute atomic E-state index is 12.9. The van der Waals surface area contributed by atoms with Crippen molar-refractivity contribution in [2.24, 2.45) is 0 Å². The summed E-state index contributed by atoms with van der Waals surface area (Å²) in [5, 5.41) is 10.7. The fourth-order valence-corrected chi connectivity index (χ4v) is 4.76. The Bertz CT molecular complexity index is 1390. The van der Waals surface area contributed by atoms with Crippen molar-refractivity contribution >= 4 is 22.8 Å². The molecule has 0 saturated heterocycles. The monoisotopic (exact) mass is 512 g/mol. The molecule has 6 nitrogen and oxygen atoms in total. The highest BCUT2D eigenvalue weighted by Crippen LogP contribution is 2.36. The van der Waals surface area contributed by atoms with Gasteiger partial charge in [0.2, 0.25) is 5.91 Å². The second kappa shape index (κ2) is 12.5. The molecule has 0 unspecified atom stereocenters. The van der Waals surface area contributed by atoms with Gasteiger partial charge in [-0.1, -0.05) is 62.6 Å². The highest BCUT2D eigenvalue weighted by atomic mass is 16.5. The summed E-state index contributed by atoms with van der Waals surface area (Å²) in [4.78, 5) is 26.3. The van der Waals surface area contributed by atoms with Crippen molar-refractivity contribution in [1.29, 1.82) is 0 Å². The quantitative estimate of drug-likeness (QED) is 0.212. The van der Waals surface area contributed by atoms with E-state index in [-0.39, 0.29) is 18.0 Å². The van der Waals surface area contributed by atoms with E-state index in [2.05, 4.69) is 6.92 Å².